The van der Waals surface area contributed by atoms with Crippen LogP contribution in [0.4, 0.5) is 5.69 Å². The molecule has 0 saturated carbocycles. The molecule has 2 aromatic rings. The van der Waals surface area contributed by atoms with Crippen LogP contribution in [-0.4, -0.2) is 29.3 Å². The predicted molar refractivity (Wildman–Crippen MR) is 82.5 cm³/mol. The second-order valence-electron chi connectivity index (χ2n) is 4.82. The Kier molecular flexibility index (Phi) is 3.81. The lowest BCUT2D eigenvalue weighted by atomic mass is 10.0. The van der Waals surface area contributed by atoms with Crippen LogP contribution in [0.1, 0.15) is 0 Å². The van der Waals surface area contributed by atoms with E-state index in [1.165, 1.54) is 24.3 Å². The number of hydrogen-bond acceptors (Lipinski definition) is 5. The molecule has 0 amide bonds. The Labute approximate surface area is 124 Å². The minimum atomic E-state index is -3.33. The van der Waals surface area contributed by atoms with Crippen LogP contribution in [0.2, 0.25) is 0 Å². The quantitative estimate of drug-likeness (QED) is 0.868. The van der Waals surface area contributed by atoms with Crippen molar-refractivity contribution in [2.75, 3.05) is 18.2 Å². The van der Waals surface area contributed by atoms with Crippen LogP contribution >= 0.6 is 0 Å². The van der Waals surface area contributed by atoms with Crippen molar-refractivity contribution in [3.63, 3.8) is 0 Å². The van der Waals surface area contributed by atoms with Crippen LogP contribution in [0.5, 0.6) is 0 Å². The summed E-state index contributed by atoms with van der Waals surface area (Å²) in [6.45, 7) is 0. The van der Waals surface area contributed by atoms with Gasteiger partial charge in [0, 0.05) is 23.8 Å². The molecule has 0 aromatic heterocycles. The van der Waals surface area contributed by atoms with E-state index >= 15 is 0 Å². The van der Waals surface area contributed by atoms with E-state index in [0.717, 1.165) is 12.5 Å². The molecule has 0 aliphatic rings. The maximum absolute atomic E-state index is 11.6. The molecular formula is C14H15NO4S2. The average Bonchev–Trinajstić information content (AvgIpc) is 2.36. The van der Waals surface area contributed by atoms with Crippen molar-refractivity contribution in [2.45, 2.75) is 9.79 Å². The van der Waals surface area contributed by atoms with Gasteiger partial charge in [0.2, 0.25) is 0 Å². The largest absolute Gasteiger partial charge is 0.398 e. The zero-order chi connectivity index (χ0) is 15.8. The Hall–Kier alpha value is -1.86. The van der Waals surface area contributed by atoms with Crippen molar-refractivity contribution in [3.05, 3.63) is 42.5 Å². The van der Waals surface area contributed by atoms with Gasteiger partial charge < -0.3 is 5.73 Å². The van der Waals surface area contributed by atoms with Crippen LogP contribution in [0.3, 0.4) is 0 Å². The monoisotopic (exact) mass is 325 g/mol. The van der Waals surface area contributed by atoms with Gasteiger partial charge >= 0.3 is 0 Å². The summed E-state index contributed by atoms with van der Waals surface area (Å²) in [6, 6.07) is 10.8. The van der Waals surface area contributed by atoms with E-state index in [0.29, 0.717) is 11.1 Å². The van der Waals surface area contributed by atoms with Gasteiger partial charge in [0.05, 0.1) is 9.79 Å². The summed E-state index contributed by atoms with van der Waals surface area (Å²) < 4.78 is 46.1. The fourth-order valence-corrected chi connectivity index (χ4v) is 3.25. The molecule has 0 fully saturated rings. The first-order valence-electron chi connectivity index (χ1n) is 5.99. The van der Waals surface area contributed by atoms with Gasteiger partial charge in [-0.05, 0) is 29.8 Å². The van der Waals surface area contributed by atoms with Gasteiger partial charge in [0.1, 0.15) is 0 Å². The van der Waals surface area contributed by atoms with E-state index < -0.39 is 19.7 Å². The van der Waals surface area contributed by atoms with Crippen molar-refractivity contribution in [1.82, 2.24) is 0 Å². The molecule has 0 aliphatic carbocycles. The van der Waals surface area contributed by atoms with Gasteiger partial charge in [-0.2, -0.15) is 0 Å². The van der Waals surface area contributed by atoms with E-state index in [9.17, 15) is 16.8 Å². The zero-order valence-electron chi connectivity index (χ0n) is 11.6. The molecule has 0 saturated heterocycles. The third kappa shape index (κ3) is 3.43. The van der Waals surface area contributed by atoms with Gasteiger partial charge in [-0.15, -0.1) is 0 Å². The van der Waals surface area contributed by atoms with Crippen LogP contribution < -0.4 is 5.73 Å². The highest BCUT2D eigenvalue weighted by Crippen LogP contribution is 2.29. The summed E-state index contributed by atoms with van der Waals surface area (Å²) in [5.41, 5.74) is 7.39. The maximum atomic E-state index is 11.6. The number of rotatable bonds is 3. The molecule has 0 heterocycles. The van der Waals surface area contributed by atoms with Crippen LogP contribution in [0.15, 0.2) is 52.3 Å². The van der Waals surface area contributed by atoms with E-state index in [-0.39, 0.29) is 15.5 Å². The molecule has 2 rings (SSSR count). The number of hydrogen-bond donors (Lipinski definition) is 1. The lowest BCUT2D eigenvalue weighted by molar-refractivity contribution is 0.600. The Bertz CT molecular complexity index is 900. The molecule has 0 bridgehead atoms. The number of anilines is 1. The summed E-state index contributed by atoms with van der Waals surface area (Å²) in [5, 5.41) is 0. The highest BCUT2D eigenvalue weighted by atomic mass is 32.2. The molecule has 0 unspecified atom stereocenters. The lowest BCUT2D eigenvalue weighted by Crippen LogP contribution is -2.00. The fourth-order valence-electron chi connectivity index (χ4n) is 1.93. The molecule has 0 atom stereocenters. The molecule has 7 heteroatoms. The summed E-state index contributed by atoms with van der Waals surface area (Å²) in [4.78, 5) is 0.314. The predicted octanol–water partition coefficient (Wildman–Crippen LogP) is 1.74. The topological polar surface area (TPSA) is 94.3 Å². The molecular weight excluding hydrogens is 310 g/mol. The Morgan fingerprint density at radius 1 is 0.810 bits per heavy atom. The van der Waals surface area contributed by atoms with E-state index in [2.05, 4.69) is 0 Å². The SMILES string of the molecule is CS(=O)(=O)c1cccc(-c2ccc(S(C)(=O)=O)cc2N)c1. The van der Waals surface area contributed by atoms with Gasteiger partial charge in [-0.25, -0.2) is 16.8 Å². The Morgan fingerprint density at radius 3 is 1.90 bits per heavy atom. The summed E-state index contributed by atoms with van der Waals surface area (Å²) >= 11 is 0. The van der Waals surface area contributed by atoms with E-state index in [4.69, 9.17) is 5.73 Å². The van der Waals surface area contributed by atoms with Crippen molar-refractivity contribution >= 4 is 25.4 Å². The zero-order valence-corrected chi connectivity index (χ0v) is 13.2. The van der Waals surface area contributed by atoms with Crippen molar-refractivity contribution < 1.29 is 16.8 Å². The second kappa shape index (κ2) is 5.16. The van der Waals surface area contributed by atoms with Gasteiger partial charge in [0.15, 0.2) is 19.7 Å². The van der Waals surface area contributed by atoms with Crippen molar-refractivity contribution in [3.8, 4) is 11.1 Å². The minimum Gasteiger partial charge on any atom is -0.398 e. The smallest absolute Gasteiger partial charge is 0.175 e. The average molecular weight is 325 g/mol. The van der Waals surface area contributed by atoms with Crippen LogP contribution in [0, 0.1) is 0 Å². The number of nitrogen functional groups attached to an aromatic ring is 1. The van der Waals surface area contributed by atoms with Crippen LogP contribution in [0.25, 0.3) is 11.1 Å². The number of benzene rings is 2. The van der Waals surface area contributed by atoms with Crippen LogP contribution in [-0.2, 0) is 19.7 Å². The van der Waals surface area contributed by atoms with E-state index in [1.807, 2.05) is 0 Å². The van der Waals surface area contributed by atoms with Crippen molar-refractivity contribution in [1.29, 1.82) is 0 Å². The van der Waals surface area contributed by atoms with Gasteiger partial charge in [-0.1, -0.05) is 18.2 Å². The van der Waals surface area contributed by atoms with Gasteiger partial charge in [-0.3, -0.25) is 0 Å². The fraction of sp³-hybridized carbons (Fsp3) is 0.143. The Balaban J connectivity index is 2.59. The maximum Gasteiger partial charge on any atom is 0.175 e. The first kappa shape index (κ1) is 15.5. The standard InChI is InChI=1S/C14H15NO4S2/c1-20(16,17)11-5-3-4-10(8-11)13-7-6-12(9-14(13)15)21(2,18)19/h3-9H,15H2,1-2H3. The third-order valence-corrected chi connectivity index (χ3v) is 5.24. The summed E-state index contributed by atoms with van der Waals surface area (Å²) in [7, 11) is -6.65. The first-order valence-corrected chi connectivity index (χ1v) is 9.77. The minimum absolute atomic E-state index is 0.128. The molecule has 2 aromatic carbocycles. The summed E-state index contributed by atoms with van der Waals surface area (Å²) in [6.07, 6.45) is 2.23. The molecule has 0 aliphatic heterocycles. The molecule has 21 heavy (non-hydrogen) atoms. The second-order valence-corrected chi connectivity index (χ2v) is 8.85. The third-order valence-electron chi connectivity index (χ3n) is 3.02. The summed E-state index contributed by atoms with van der Waals surface area (Å²) in [5.74, 6) is 0. The van der Waals surface area contributed by atoms with E-state index in [1.54, 1.807) is 18.2 Å². The number of sulfone groups is 2. The Morgan fingerprint density at radius 2 is 1.38 bits per heavy atom. The molecule has 5 nitrogen and oxygen atoms in total. The molecule has 0 radical (unpaired) electrons. The molecule has 2 N–H and O–H groups in total. The highest BCUT2D eigenvalue weighted by Gasteiger charge is 2.12. The highest BCUT2D eigenvalue weighted by molar-refractivity contribution is 7.91. The lowest BCUT2D eigenvalue weighted by Gasteiger charge is -2.09. The normalized spacial score (nSPS) is 12.3. The van der Waals surface area contributed by atoms with Crippen molar-refractivity contribution in [2.24, 2.45) is 0 Å². The molecule has 0 spiro atoms. The van der Waals surface area contributed by atoms with Gasteiger partial charge in [0.25, 0.3) is 0 Å². The first-order chi connectivity index (χ1) is 9.59. The molecule has 112 valence electrons. The number of nitrogens with two attached hydrogens (primary N) is 1.